The molecule has 0 spiro atoms. The van der Waals surface area contributed by atoms with Crippen molar-refractivity contribution in [2.75, 3.05) is 0 Å². The molecule has 0 heterocycles. The first-order valence-electron chi connectivity index (χ1n) is 5.38. The molecule has 0 aliphatic heterocycles. The summed E-state index contributed by atoms with van der Waals surface area (Å²) < 4.78 is 18.4. The van der Waals surface area contributed by atoms with Crippen molar-refractivity contribution >= 4 is 33.5 Å². The minimum atomic E-state index is -0.677. The molecule has 0 radical (unpaired) electrons. The Labute approximate surface area is 127 Å². The van der Waals surface area contributed by atoms with Crippen molar-refractivity contribution in [1.29, 1.82) is 5.26 Å². The highest BCUT2D eigenvalue weighted by atomic mass is 79.9. The zero-order valence-electron chi connectivity index (χ0n) is 9.86. The van der Waals surface area contributed by atoms with Gasteiger partial charge in [-0.3, -0.25) is 0 Å². The lowest BCUT2D eigenvalue weighted by molar-refractivity contribution is 0.0734. The fourth-order valence-electron chi connectivity index (χ4n) is 1.46. The lowest BCUT2D eigenvalue weighted by Gasteiger charge is -2.07. The molecule has 0 unspecified atom stereocenters. The van der Waals surface area contributed by atoms with E-state index in [1.807, 2.05) is 6.07 Å². The highest BCUT2D eigenvalue weighted by Gasteiger charge is 2.15. The topological polar surface area (TPSA) is 50.1 Å². The van der Waals surface area contributed by atoms with E-state index in [4.69, 9.17) is 21.6 Å². The molecule has 0 bridgehead atoms. The standard InChI is InChI=1S/C14H6BrClFNO2/c15-11-6-9(17)2-3-10(11)14(19)20-13-4-1-8(7-18)5-12(13)16/h1-6H. The van der Waals surface area contributed by atoms with Gasteiger partial charge < -0.3 is 4.74 Å². The third-order valence-electron chi connectivity index (χ3n) is 2.41. The normalized spacial score (nSPS) is 9.90. The van der Waals surface area contributed by atoms with Gasteiger partial charge in [-0.25, -0.2) is 9.18 Å². The van der Waals surface area contributed by atoms with Gasteiger partial charge in [-0.2, -0.15) is 5.26 Å². The van der Waals surface area contributed by atoms with Gasteiger partial charge in [0, 0.05) is 4.47 Å². The Kier molecular flexibility index (Phi) is 4.38. The van der Waals surface area contributed by atoms with E-state index >= 15 is 0 Å². The van der Waals surface area contributed by atoms with Crippen LogP contribution in [-0.4, -0.2) is 5.97 Å². The minimum Gasteiger partial charge on any atom is -0.421 e. The second-order valence-electron chi connectivity index (χ2n) is 3.77. The van der Waals surface area contributed by atoms with Gasteiger partial charge in [0.2, 0.25) is 0 Å². The second kappa shape index (κ2) is 6.04. The summed E-state index contributed by atoms with van der Waals surface area (Å²) in [5, 5.41) is 8.87. The number of carbonyl (C=O) groups excluding carboxylic acids is 1. The molecular weight excluding hydrogens is 349 g/mol. The fraction of sp³-hybridized carbons (Fsp3) is 0. The smallest absolute Gasteiger partial charge is 0.344 e. The summed E-state index contributed by atoms with van der Waals surface area (Å²) in [4.78, 5) is 12.0. The number of hydrogen-bond acceptors (Lipinski definition) is 3. The SMILES string of the molecule is N#Cc1ccc(OC(=O)c2ccc(F)cc2Br)c(Cl)c1. The van der Waals surface area contributed by atoms with Crippen molar-refractivity contribution in [3.63, 3.8) is 0 Å². The summed E-state index contributed by atoms with van der Waals surface area (Å²) in [7, 11) is 0. The molecule has 0 aromatic heterocycles. The third kappa shape index (κ3) is 3.16. The van der Waals surface area contributed by atoms with Crippen LogP contribution in [0.4, 0.5) is 4.39 Å². The van der Waals surface area contributed by atoms with E-state index in [1.165, 1.54) is 24.3 Å². The molecule has 0 atom stereocenters. The van der Waals surface area contributed by atoms with E-state index in [-0.39, 0.29) is 20.8 Å². The van der Waals surface area contributed by atoms with Gasteiger partial charge in [-0.15, -0.1) is 0 Å². The molecule has 2 rings (SSSR count). The quantitative estimate of drug-likeness (QED) is 0.596. The average molecular weight is 355 g/mol. The summed E-state index contributed by atoms with van der Waals surface area (Å²) in [6.07, 6.45) is 0. The lowest BCUT2D eigenvalue weighted by Crippen LogP contribution is -2.09. The number of nitrogens with zero attached hydrogens (tertiary/aromatic N) is 1. The average Bonchev–Trinajstić information content (AvgIpc) is 2.40. The Morgan fingerprint density at radius 2 is 2.05 bits per heavy atom. The molecule has 0 amide bonds. The first-order valence-corrected chi connectivity index (χ1v) is 6.55. The largest absolute Gasteiger partial charge is 0.421 e. The first kappa shape index (κ1) is 14.5. The van der Waals surface area contributed by atoms with Crippen LogP contribution in [0.2, 0.25) is 5.02 Å². The summed E-state index contributed by atoms with van der Waals surface area (Å²) in [6, 6.07) is 9.84. The number of carbonyl (C=O) groups is 1. The second-order valence-corrected chi connectivity index (χ2v) is 5.03. The van der Waals surface area contributed by atoms with E-state index in [1.54, 1.807) is 0 Å². The maximum Gasteiger partial charge on any atom is 0.344 e. The van der Waals surface area contributed by atoms with E-state index in [9.17, 15) is 9.18 Å². The Hall–Kier alpha value is -1.90. The predicted molar refractivity (Wildman–Crippen MR) is 75.2 cm³/mol. The van der Waals surface area contributed by atoms with E-state index < -0.39 is 11.8 Å². The molecule has 0 fully saturated rings. The van der Waals surface area contributed by atoms with Crippen LogP contribution in [0, 0.1) is 17.1 Å². The molecule has 100 valence electrons. The molecular formula is C14H6BrClFNO2. The Balaban J connectivity index is 2.26. The molecule has 0 saturated carbocycles. The van der Waals surface area contributed by atoms with Crippen molar-refractivity contribution in [3.05, 3.63) is 62.8 Å². The zero-order valence-corrected chi connectivity index (χ0v) is 12.2. The summed E-state index contributed by atoms with van der Waals surface area (Å²) in [5.74, 6) is -1.01. The van der Waals surface area contributed by atoms with Crippen LogP contribution in [0.1, 0.15) is 15.9 Å². The van der Waals surface area contributed by atoms with Crippen LogP contribution in [-0.2, 0) is 0 Å². The monoisotopic (exact) mass is 353 g/mol. The molecule has 3 nitrogen and oxygen atoms in total. The predicted octanol–water partition coefficient (Wildman–Crippen LogP) is 4.33. The van der Waals surface area contributed by atoms with E-state index in [2.05, 4.69) is 15.9 Å². The number of halogens is 3. The molecule has 6 heteroatoms. The van der Waals surface area contributed by atoms with Crippen LogP contribution >= 0.6 is 27.5 Å². The molecule has 0 aliphatic rings. The van der Waals surface area contributed by atoms with Crippen LogP contribution in [0.5, 0.6) is 5.75 Å². The molecule has 0 N–H and O–H groups in total. The Morgan fingerprint density at radius 3 is 2.65 bits per heavy atom. The van der Waals surface area contributed by atoms with E-state index in [0.717, 1.165) is 12.1 Å². The van der Waals surface area contributed by atoms with Crippen molar-refractivity contribution < 1.29 is 13.9 Å². The molecule has 20 heavy (non-hydrogen) atoms. The molecule has 0 saturated heterocycles. The van der Waals surface area contributed by atoms with Gasteiger partial charge in [0.15, 0.2) is 0 Å². The summed E-state index contributed by atoms with van der Waals surface area (Å²) >= 11 is 8.99. The number of esters is 1. The van der Waals surface area contributed by atoms with Gasteiger partial charge in [-0.1, -0.05) is 11.6 Å². The van der Waals surface area contributed by atoms with Crippen molar-refractivity contribution in [2.24, 2.45) is 0 Å². The van der Waals surface area contributed by atoms with Crippen molar-refractivity contribution in [1.82, 2.24) is 0 Å². The maximum atomic E-state index is 13.0. The number of ether oxygens (including phenoxy) is 1. The highest BCUT2D eigenvalue weighted by Crippen LogP contribution is 2.27. The molecule has 2 aromatic carbocycles. The number of rotatable bonds is 2. The van der Waals surface area contributed by atoms with Crippen molar-refractivity contribution in [3.8, 4) is 11.8 Å². The molecule has 0 aliphatic carbocycles. The van der Waals surface area contributed by atoms with Gasteiger partial charge in [0.1, 0.15) is 11.6 Å². The molecule has 2 aromatic rings. The number of benzene rings is 2. The summed E-state index contributed by atoms with van der Waals surface area (Å²) in [5.41, 5.74) is 0.532. The number of nitriles is 1. The summed E-state index contributed by atoms with van der Waals surface area (Å²) in [6.45, 7) is 0. The van der Waals surface area contributed by atoms with Gasteiger partial charge in [0.25, 0.3) is 0 Å². The highest BCUT2D eigenvalue weighted by molar-refractivity contribution is 9.10. The Morgan fingerprint density at radius 1 is 1.30 bits per heavy atom. The van der Waals surface area contributed by atoms with Crippen LogP contribution in [0.3, 0.4) is 0 Å². The van der Waals surface area contributed by atoms with Crippen LogP contribution in [0.15, 0.2) is 40.9 Å². The van der Waals surface area contributed by atoms with Gasteiger partial charge >= 0.3 is 5.97 Å². The third-order valence-corrected chi connectivity index (χ3v) is 3.37. The first-order chi connectivity index (χ1) is 9.51. The zero-order chi connectivity index (χ0) is 14.7. The lowest BCUT2D eigenvalue weighted by atomic mass is 10.2. The minimum absolute atomic E-state index is 0.131. The van der Waals surface area contributed by atoms with Gasteiger partial charge in [0.05, 0.1) is 22.2 Å². The van der Waals surface area contributed by atoms with E-state index in [0.29, 0.717) is 5.56 Å². The van der Waals surface area contributed by atoms with Crippen LogP contribution in [0.25, 0.3) is 0 Å². The maximum absolute atomic E-state index is 13.0. The van der Waals surface area contributed by atoms with Crippen molar-refractivity contribution in [2.45, 2.75) is 0 Å². The fourth-order valence-corrected chi connectivity index (χ4v) is 2.19. The Bertz CT molecular complexity index is 728. The van der Waals surface area contributed by atoms with Gasteiger partial charge in [-0.05, 0) is 52.3 Å². The number of hydrogen-bond donors (Lipinski definition) is 0. The van der Waals surface area contributed by atoms with Crippen LogP contribution < -0.4 is 4.74 Å².